The van der Waals surface area contributed by atoms with Crippen LogP contribution in [0.1, 0.15) is 26.2 Å². The third-order valence-electron chi connectivity index (χ3n) is 5.13. The van der Waals surface area contributed by atoms with Gasteiger partial charge in [-0.2, -0.15) is 0 Å². The molecule has 1 aromatic carbocycles. The van der Waals surface area contributed by atoms with E-state index in [1.54, 1.807) is 38.3 Å². The van der Waals surface area contributed by atoms with Gasteiger partial charge in [-0.05, 0) is 31.9 Å². The Morgan fingerprint density at radius 2 is 2.15 bits per heavy atom. The molecule has 2 fully saturated rings. The summed E-state index contributed by atoms with van der Waals surface area (Å²) >= 11 is 0. The topological polar surface area (TPSA) is 77.3 Å². The monoisotopic (exact) mass is 361 g/mol. The number of piperidine rings is 1. The molecule has 2 saturated heterocycles. The van der Waals surface area contributed by atoms with Crippen molar-refractivity contribution in [3.05, 3.63) is 24.3 Å². The third-order valence-corrected chi connectivity index (χ3v) is 5.13. The van der Waals surface area contributed by atoms with Crippen LogP contribution in [0.4, 0.5) is 5.69 Å². The zero-order valence-corrected chi connectivity index (χ0v) is 15.2. The fourth-order valence-corrected chi connectivity index (χ4v) is 3.85. The summed E-state index contributed by atoms with van der Waals surface area (Å²) in [6.07, 6.45) is 1.79. The minimum absolute atomic E-state index is 0.168. The van der Waals surface area contributed by atoms with Crippen molar-refractivity contribution in [1.29, 1.82) is 0 Å². The van der Waals surface area contributed by atoms with Crippen LogP contribution in [0.15, 0.2) is 24.3 Å². The number of rotatable bonds is 5. The first-order valence-electron chi connectivity index (χ1n) is 9.07. The van der Waals surface area contributed by atoms with Crippen molar-refractivity contribution in [3.63, 3.8) is 0 Å². The van der Waals surface area contributed by atoms with Crippen molar-refractivity contribution < 1.29 is 28.8 Å². The number of hydrogen-bond acceptors (Lipinski definition) is 5. The molecule has 7 nitrogen and oxygen atoms in total. The molecule has 140 valence electrons. The minimum atomic E-state index is -0.439. The summed E-state index contributed by atoms with van der Waals surface area (Å²) in [5, 5.41) is 0. The number of carbonyl (C=O) groups is 3. The molecule has 0 bridgehead atoms. The number of ether oxygens (including phenoxy) is 2. The lowest BCUT2D eigenvalue weighted by Crippen LogP contribution is -3.18. The van der Waals surface area contributed by atoms with Crippen molar-refractivity contribution in [2.75, 3.05) is 31.7 Å². The van der Waals surface area contributed by atoms with Crippen LogP contribution in [0.2, 0.25) is 0 Å². The molecular weight excluding hydrogens is 336 g/mol. The number of benzene rings is 1. The largest absolute Gasteiger partial charge is 0.497 e. The zero-order valence-electron chi connectivity index (χ0n) is 15.2. The number of methoxy groups -OCH3 is 1. The molecule has 2 aliphatic heterocycles. The maximum absolute atomic E-state index is 12.9. The molecule has 2 aliphatic rings. The van der Waals surface area contributed by atoms with Gasteiger partial charge in [0, 0.05) is 6.07 Å². The van der Waals surface area contributed by atoms with E-state index in [1.165, 1.54) is 4.90 Å². The summed E-state index contributed by atoms with van der Waals surface area (Å²) in [5.41, 5.74) is 0.528. The molecule has 2 amide bonds. The van der Waals surface area contributed by atoms with Crippen molar-refractivity contribution in [1.82, 2.24) is 0 Å². The number of hydrogen-bond donors (Lipinski definition) is 1. The van der Waals surface area contributed by atoms with E-state index in [0.29, 0.717) is 24.6 Å². The van der Waals surface area contributed by atoms with Gasteiger partial charge in [0.25, 0.3) is 5.91 Å². The number of anilines is 1. The van der Waals surface area contributed by atoms with Crippen LogP contribution in [0.25, 0.3) is 0 Å². The molecule has 2 heterocycles. The SMILES string of the molecule is CCOC(=O)[C@H]1CCC[NH+]([C@H]2CC(=O)N(c3cccc(OC)c3)C2=O)C1. The lowest BCUT2D eigenvalue weighted by atomic mass is 9.96. The van der Waals surface area contributed by atoms with Gasteiger partial charge in [-0.15, -0.1) is 0 Å². The van der Waals surface area contributed by atoms with E-state index >= 15 is 0 Å². The second-order valence-electron chi connectivity index (χ2n) is 6.73. The first-order valence-corrected chi connectivity index (χ1v) is 9.07. The van der Waals surface area contributed by atoms with Gasteiger partial charge < -0.3 is 14.4 Å². The summed E-state index contributed by atoms with van der Waals surface area (Å²) in [4.78, 5) is 39.8. The molecule has 0 aromatic heterocycles. The second-order valence-corrected chi connectivity index (χ2v) is 6.73. The molecule has 7 heteroatoms. The molecule has 26 heavy (non-hydrogen) atoms. The van der Waals surface area contributed by atoms with Crippen molar-refractivity contribution >= 4 is 23.5 Å². The van der Waals surface area contributed by atoms with E-state index in [2.05, 4.69) is 0 Å². The predicted octanol–water partition coefficient (Wildman–Crippen LogP) is 0.185. The van der Waals surface area contributed by atoms with E-state index < -0.39 is 6.04 Å². The Balaban J connectivity index is 1.74. The Morgan fingerprint density at radius 3 is 2.88 bits per heavy atom. The van der Waals surface area contributed by atoms with E-state index in [9.17, 15) is 14.4 Å². The van der Waals surface area contributed by atoms with Crippen LogP contribution >= 0.6 is 0 Å². The highest BCUT2D eigenvalue weighted by molar-refractivity contribution is 6.21. The number of amides is 2. The van der Waals surface area contributed by atoms with E-state index in [1.807, 2.05) is 0 Å². The number of imide groups is 1. The van der Waals surface area contributed by atoms with Crippen molar-refractivity contribution in [2.24, 2.45) is 5.92 Å². The number of esters is 1. The van der Waals surface area contributed by atoms with Gasteiger partial charge in [-0.1, -0.05) is 6.07 Å². The lowest BCUT2D eigenvalue weighted by molar-refractivity contribution is -0.922. The van der Waals surface area contributed by atoms with Gasteiger partial charge in [0.1, 0.15) is 11.7 Å². The molecule has 3 atom stereocenters. The van der Waals surface area contributed by atoms with Crippen LogP contribution < -0.4 is 14.5 Å². The Morgan fingerprint density at radius 1 is 1.35 bits per heavy atom. The highest BCUT2D eigenvalue weighted by Crippen LogP contribution is 2.26. The summed E-state index contributed by atoms with van der Waals surface area (Å²) in [5.74, 6) is -0.223. The minimum Gasteiger partial charge on any atom is -0.497 e. The van der Waals surface area contributed by atoms with Crippen molar-refractivity contribution in [3.8, 4) is 5.75 Å². The second kappa shape index (κ2) is 7.86. The maximum Gasteiger partial charge on any atom is 0.314 e. The summed E-state index contributed by atoms with van der Waals surface area (Å²) in [7, 11) is 1.54. The number of quaternary nitrogens is 1. The maximum atomic E-state index is 12.9. The standard InChI is InChI=1S/C19H24N2O5/c1-3-26-19(24)13-6-5-9-20(12-13)16-11-17(22)21(18(16)23)14-7-4-8-15(10-14)25-2/h4,7-8,10,13,16H,3,5-6,9,11-12H2,1-2H3/p+1/t13-,16-/m0/s1. The van der Waals surface area contributed by atoms with Gasteiger partial charge in [0.2, 0.25) is 5.91 Å². The first kappa shape index (κ1) is 18.4. The molecule has 0 saturated carbocycles. The Hall–Kier alpha value is -2.41. The fraction of sp³-hybridized carbons (Fsp3) is 0.526. The first-order chi connectivity index (χ1) is 12.5. The summed E-state index contributed by atoms with van der Waals surface area (Å²) in [6.45, 7) is 3.46. The quantitative estimate of drug-likeness (QED) is 0.598. The molecule has 3 rings (SSSR count). The van der Waals surface area contributed by atoms with Crippen LogP contribution in [-0.2, 0) is 19.1 Å². The average Bonchev–Trinajstić information content (AvgIpc) is 2.96. The van der Waals surface area contributed by atoms with Crippen LogP contribution in [0, 0.1) is 5.92 Å². The molecule has 1 aromatic rings. The van der Waals surface area contributed by atoms with Crippen LogP contribution in [0.5, 0.6) is 5.75 Å². The number of carbonyl (C=O) groups excluding carboxylic acids is 3. The highest BCUT2D eigenvalue weighted by atomic mass is 16.5. The van der Waals surface area contributed by atoms with Gasteiger partial charge in [-0.25, -0.2) is 4.90 Å². The van der Waals surface area contributed by atoms with E-state index in [-0.39, 0.29) is 30.1 Å². The van der Waals surface area contributed by atoms with Gasteiger partial charge >= 0.3 is 5.97 Å². The van der Waals surface area contributed by atoms with E-state index in [0.717, 1.165) is 24.3 Å². The van der Waals surface area contributed by atoms with Gasteiger partial charge in [-0.3, -0.25) is 14.4 Å². The predicted molar refractivity (Wildman–Crippen MR) is 93.9 cm³/mol. The van der Waals surface area contributed by atoms with Crippen LogP contribution in [0.3, 0.4) is 0 Å². The van der Waals surface area contributed by atoms with Gasteiger partial charge in [0.05, 0.1) is 38.9 Å². The third kappa shape index (κ3) is 3.58. The number of nitrogens with one attached hydrogen (secondary N) is 1. The molecule has 1 unspecified atom stereocenters. The van der Waals surface area contributed by atoms with Crippen molar-refractivity contribution in [2.45, 2.75) is 32.2 Å². The molecular formula is C19H25N2O5+. The van der Waals surface area contributed by atoms with Crippen LogP contribution in [-0.4, -0.2) is 50.6 Å². The lowest BCUT2D eigenvalue weighted by Gasteiger charge is -2.31. The molecule has 0 aliphatic carbocycles. The summed E-state index contributed by atoms with van der Waals surface area (Å²) < 4.78 is 10.3. The average molecular weight is 361 g/mol. The number of likely N-dealkylation sites (tertiary alicyclic amines) is 1. The summed E-state index contributed by atoms with van der Waals surface area (Å²) in [6, 6.07) is 6.50. The molecule has 1 N–H and O–H groups in total. The smallest absolute Gasteiger partial charge is 0.314 e. The number of nitrogens with zero attached hydrogens (tertiary/aromatic N) is 1. The molecule has 0 spiro atoms. The highest BCUT2D eigenvalue weighted by Gasteiger charge is 2.47. The molecule has 0 radical (unpaired) electrons. The normalized spacial score (nSPS) is 26.1. The van der Waals surface area contributed by atoms with Gasteiger partial charge in [0.15, 0.2) is 6.04 Å². The van der Waals surface area contributed by atoms with E-state index in [4.69, 9.17) is 9.47 Å². The fourth-order valence-electron chi connectivity index (χ4n) is 3.85. The Labute approximate surface area is 152 Å². The Bertz CT molecular complexity index is 705. The zero-order chi connectivity index (χ0) is 18.7. The Kier molecular flexibility index (Phi) is 5.56.